The largest absolute Gasteiger partial charge is 0.482 e. The molecule has 102 valence electrons. The standard InChI is InChI=1S/C14H18ClN3O/c1-9-4-5-13(12(15)6-9)19-14(10(2)16)11-7-17-18(3)8-11/h4-8,10,14H,16H2,1-3H3. The molecular formula is C14H18ClN3O. The molecule has 19 heavy (non-hydrogen) atoms. The normalized spacial score (nSPS) is 14.2. The third kappa shape index (κ3) is 3.28. The van der Waals surface area contributed by atoms with E-state index in [1.807, 2.05) is 45.3 Å². The molecule has 2 rings (SSSR count). The van der Waals surface area contributed by atoms with Gasteiger partial charge in [0.2, 0.25) is 0 Å². The Balaban J connectivity index is 2.26. The van der Waals surface area contributed by atoms with E-state index in [9.17, 15) is 0 Å². The van der Waals surface area contributed by atoms with Crippen molar-refractivity contribution in [3.05, 3.63) is 46.7 Å². The van der Waals surface area contributed by atoms with Crippen molar-refractivity contribution < 1.29 is 4.74 Å². The van der Waals surface area contributed by atoms with Gasteiger partial charge >= 0.3 is 0 Å². The number of nitrogens with two attached hydrogens (primary N) is 1. The highest BCUT2D eigenvalue weighted by Crippen LogP contribution is 2.30. The molecular weight excluding hydrogens is 262 g/mol. The molecule has 0 saturated carbocycles. The van der Waals surface area contributed by atoms with Crippen molar-refractivity contribution in [2.24, 2.45) is 12.8 Å². The number of aromatic nitrogens is 2. The summed E-state index contributed by atoms with van der Waals surface area (Å²) in [6.45, 7) is 3.89. The summed E-state index contributed by atoms with van der Waals surface area (Å²) in [7, 11) is 1.86. The Hall–Kier alpha value is -1.52. The maximum absolute atomic E-state index is 6.18. The summed E-state index contributed by atoms with van der Waals surface area (Å²) in [5.41, 5.74) is 8.03. The molecule has 0 spiro atoms. The van der Waals surface area contributed by atoms with Crippen LogP contribution in [0.15, 0.2) is 30.6 Å². The molecule has 0 aliphatic rings. The first kappa shape index (κ1) is 13.9. The van der Waals surface area contributed by atoms with Crippen LogP contribution in [-0.2, 0) is 7.05 Å². The molecule has 0 radical (unpaired) electrons. The monoisotopic (exact) mass is 279 g/mol. The van der Waals surface area contributed by atoms with E-state index in [-0.39, 0.29) is 12.1 Å². The van der Waals surface area contributed by atoms with E-state index < -0.39 is 0 Å². The summed E-state index contributed by atoms with van der Waals surface area (Å²) in [4.78, 5) is 0. The smallest absolute Gasteiger partial charge is 0.142 e. The highest BCUT2D eigenvalue weighted by Gasteiger charge is 2.20. The third-order valence-corrected chi connectivity index (χ3v) is 3.17. The van der Waals surface area contributed by atoms with Crippen LogP contribution in [0.1, 0.15) is 24.2 Å². The van der Waals surface area contributed by atoms with Crippen molar-refractivity contribution in [2.45, 2.75) is 26.0 Å². The quantitative estimate of drug-likeness (QED) is 0.936. The molecule has 5 heteroatoms. The lowest BCUT2D eigenvalue weighted by molar-refractivity contribution is 0.180. The van der Waals surface area contributed by atoms with Gasteiger partial charge in [0.25, 0.3) is 0 Å². The van der Waals surface area contributed by atoms with E-state index in [2.05, 4.69) is 5.10 Å². The minimum Gasteiger partial charge on any atom is -0.482 e. The molecule has 2 unspecified atom stereocenters. The number of hydrogen-bond donors (Lipinski definition) is 1. The predicted octanol–water partition coefficient (Wildman–Crippen LogP) is 2.85. The van der Waals surface area contributed by atoms with Crippen molar-refractivity contribution >= 4 is 11.6 Å². The fraction of sp³-hybridized carbons (Fsp3) is 0.357. The van der Waals surface area contributed by atoms with E-state index in [1.54, 1.807) is 10.9 Å². The average Bonchev–Trinajstić information content (AvgIpc) is 2.74. The summed E-state index contributed by atoms with van der Waals surface area (Å²) in [6, 6.07) is 5.53. The van der Waals surface area contributed by atoms with Crippen molar-refractivity contribution in [3.63, 3.8) is 0 Å². The van der Waals surface area contributed by atoms with Crippen LogP contribution >= 0.6 is 11.6 Å². The van der Waals surface area contributed by atoms with Gasteiger partial charge in [-0.25, -0.2) is 0 Å². The predicted molar refractivity (Wildman–Crippen MR) is 76.4 cm³/mol. The van der Waals surface area contributed by atoms with Crippen LogP contribution in [0.4, 0.5) is 0 Å². The molecule has 2 atom stereocenters. The van der Waals surface area contributed by atoms with E-state index in [1.165, 1.54) is 0 Å². The zero-order chi connectivity index (χ0) is 14.0. The number of benzene rings is 1. The van der Waals surface area contributed by atoms with Gasteiger partial charge in [-0.15, -0.1) is 0 Å². The Bertz CT molecular complexity index is 566. The zero-order valence-corrected chi connectivity index (χ0v) is 12.1. The van der Waals surface area contributed by atoms with E-state index in [4.69, 9.17) is 22.1 Å². The second kappa shape index (κ2) is 5.63. The van der Waals surface area contributed by atoms with Crippen LogP contribution in [0.5, 0.6) is 5.75 Å². The fourth-order valence-corrected chi connectivity index (χ4v) is 2.18. The van der Waals surface area contributed by atoms with Crippen LogP contribution in [-0.4, -0.2) is 15.8 Å². The minimum absolute atomic E-state index is 0.165. The topological polar surface area (TPSA) is 53.1 Å². The average molecular weight is 280 g/mol. The Morgan fingerprint density at radius 1 is 1.42 bits per heavy atom. The molecule has 1 heterocycles. The lowest BCUT2D eigenvalue weighted by Crippen LogP contribution is -2.28. The van der Waals surface area contributed by atoms with Gasteiger partial charge in [-0.1, -0.05) is 17.7 Å². The minimum atomic E-state index is -0.270. The van der Waals surface area contributed by atoms with Gasteiger partial charge in [-0.05, 0) is 31.5 Å². The SMILES string of the molecule is Cc1ccc(OC(c2cnn(C)c2)C(C)N)c(Cl)c1. The van der Waals surface area contributed by atoms with Crippen LogP contribution in [0, 0.1) is 6.92 Å². The summed E-state index contributed by atoms with van der Waals surface area (Å²) in [5, 5.41) is 4.74. The third-order valence-electron chi connectivity index (χ3n) is 2.87. The van der Waals surface area contributed by atoms with E-state index >= 15 is 0 Å². The molecule has 4 nitrogen and oxygen atoms in total. The molecule has 0 aliphatic heterocycles. The molecule has 2 aromatic rings. The number of aryl methyl sites for hydroxylation is 2. The van der Waals surface area contributed by atoms with Crippen LogP contribution in [0.2, 0.25) is 5.02 Å². The Morgan fingerprint density at radius 2 is 2.16 bits per heavy atom. The number of ether oxygens (including phenoxy) is 1. The molecule has 0 aliphatic carbocycles. The van der Waals surface area contributed by atoms with Crippen LogP contribution in [0.25, 0.3) is 0 Å². The summed E-state index contributed by atoms with van der Waals surface area (Å²) in [5.74, 6) is 0.637. The van der Waals surface area contributed by atoms with Gasteiger partial charge in [0.15, 0.2) is 0 Å². The van der Waals surface area contributed by atoms with E-state index in [0.29, 0.717) is 10.8 Å². The number of rotatable bonds is 4. The Morgan fingerprint density at radius 3 is 2.68 bits per heavy atom. The van der Waals surface area contributed by atoms with Gasteiger partial charge in [0.1, 0.15) is 11.9 Å². The van der Waals surface area contributed by atoms with Crippen LogP contribution in [0.3, 0.4) is 0 Å². The van der Waals surface area contributed by atoms with Crippen molar-refractivity contribution in [2.75, 3.05) is 0 Å². The molecule has 0 bridgehead atoms. The number of nitrogens with zero attached hydrogens (tertiary/aromatic N) is 2. The second-order valence-corrected chi connectivity index (χ2v) is 5.19. The molecule has 0 amide bonds. The van der Waals surface area contributed by atoms with Gasteiger partial charge in [0, 0.05) is 24.8 Å². The van der Waals surface area contributed by atoms with Crippen molar-refractivity contribution in [1.29, 1.82) is 0 Å². The lowest BCUT2D eigenvalue weighted by Gasteiger charge is -2.22. The first-order valence-corrected chi connectivity index (χ1v) is 6.52. The van der Waals surface area contributed by atoms with Gasteiger partial charge in [-0.3, -0.25) is 4.68 Å². The second-order valence-electron chi connectivity index (χ2n) is 4.78. The van der Waals surface area contributed by atoms with Crippen molar-refractivity contribution in [1.82, 2.24) is 9.78 Å². The summed E-state index contributed by atoms with van der Waals surface area (Å²) in [6.07, 6.45) is 3.39. The van der Waals surface area contributed by atoms with Crippen molar-refractivity contribution in [3.8, 4) is 5.75 Å². The first-order valence-electron chi connectivity index (χ1n) is 6.14. The molecule has 0 saturated heterocycles. The maximum Gasteiger partial charge on any atom is 0.142 e. The molecule has 1 aromatic carbocycles. The summed E-state index contributed by atoms with van der Waals surface area (Å²) >= 11 is 6.18. The highest BCUT2D eigenvalue weighted by molar-refractivity contribution is 6.32. The highest BCUT2D eigenvalue weighted by atomic mass is 35.5. The molecule has 0 fully saturated rings. The van der Waals surface area contributed by atoms with Gasteiger partial charge in [0.05, 0.1) is 11.2 Å². The Labute approximate surface area is 118 Å². The molecule has 2 N–H and O–H groups in total. The first-order chi connectivity index (χ1) is 8.97. The number of hydrogen-bond acceptors (Lipinski definition) is 3. The van der Waals surface area contributed by atoms with Gasteiger partial charge < -0.3 is 10.5 Å². The summed E-state index contributed by atoms with van der Waals surface area (Å²) < 4.78 is 7.68. The molecule has 1 aromatic heterocycles. The maximum atomic E-state index is 6.18. The van der Waals surface area contributed by atoms with Gasteiger partial charge in [-0.2, -0.15) is 5.10 Å². The van der Waals surface area contributed by atoms with Crippen LogP contribution < -0.4 is 10.5 Å². The van der Waals surface area contributed by atoms with E-state index in [0.717, 1.165) is 11.1 Å². The Kier molecular flexibility index (Phi) is 4.12. The zero-order valence-electron chi connectivity index (χ0n) is 11.3. The lowest BCUT2D eigenvalue weighted by atomic mass is 10.1. The number of halogens is 1. The fourth-order valence-electron chi connectivity index (χ4n) is 1.90.